The first-order valence-electron chi connectivity index (χ1n) is 8.13. The third kappa shape index (κ3) is 3.38. The molecule has 0 saturated heterocycles. The molecule has 0 saturated carbocycles. The van der Waals surface area contributed by atoms with Crippen LogP contribution in [0.15, 0.2) is 71.7 Å². The molecule has 1 heterocycles. The summed E-state index contributed by atoms with van der Waals surface area (Å²) < 4.78 is 5.83. The fourth-order valence-corrected chi connectivity index (χ4v) is 2.67. The molecule has 3 aromatic carbocycles. The Balaban J connectivity index is 1.60. The van der Waals surface area contributed by atoms with E-state index in [2.05, 4.69) is 10.3 Å². The second kappa shape index (κ2) is 6.72. The molecule has 0 spiro atoms. The van der Waals surface area contributed by atoms with Gasteiger partial charge in [0.25, 0.3) is 10.8 Å². The van der Waals surface area contributed by atoms with E-state index in [0.717, 1.165) is 5.56 Å². The van der Waals surface area contributed by atoms with Crippen molar-refractivity contribution in [3.8, 4) is 11.5 Å². The molecular formula is C20H14N3O4+. The van der Waals surface area contributed by atoms with E-state index in [0.29, 0.717) is 28.4 Å². The first-order valence-corrected chi connectivity index (χ1v) is 8.13. The fourth-order valence-electron chi connectivity index (χ4n) is 2.67. The number of anilines is 1. The smallest absolute Gasteiger partial charge is 0.316 e. The number of nitrogens with zero attached hydrogens (tertiary/aromatic N) is 2. The Bertz CT molecular complexity index is 1070. The Labute approximate surface area is 154 Å². The molecule has 0 radical (unpaired) electrons. The molecule has 0 atom stereocenters. The lowest BCUT2D eigenvalue weighted by Gasteiger charge is -2.07. The Hall–Kier alpha value is -4.00. The van der Waals surface area contributed by atoms with Gasteiger partial charge in [-0.15, -0.1) is 0 Å². The van der Waals surface area contributed by atoms with Gasteiger partial charge in [-0.3, -0.25) is 9.79 Å². The third-order valence-electron chi connectivity index (χ3n) is 4.04. The number of hydrogen-bond donors (Lipinski definition) is 2. The average Bonchev–Trinajstić information content (AvgIpc) is 2.82. The van der Waals surface area contributed by atoms with Gasteiger partial charge in [0, 0.05) is 18.3 Å². The van der Waals surface area contributed by atoms with E-state index >= 15 is 0 Å². The van der Waals surface area contributed by atoms with Crippen LogP contribution in [0.1, 0.15) is 15.9 Å². The van der Waals surface area contributed by atoms with Crippen molar-refractivity contribution < 1.29 is 19.7 Å². The van der Waals surface area contributed by atoms with Gasteiger partial charge < -0.3 is 10.1 Å². The molecule has 4 rings (SSSR count). The van der Waals surface area contributed by atoms with Crippen LogP contribution in [0.5, 0.6) is 11.5 Å². The summed E-state index contributed by atoms with van der Waals surface area (Å²) in [6.07, 6.45) is 1.60. The van der Waals surface area contributed by atoms with Crippen LogP contribution >= 0.6 is 0 Å². The van der Waals surface area contributed by atoms with E-state index < -0.39 is 0 Å². The standard InChI is InChI=1S/C20H13N3O4/c24-20-16-11-14(21-12-13-5-8-15(9-6-13)23(25)26)7-10-18(16)27-19-4-2-1-3-17(19)22-20/h1-12H,(H-,22,24,25,26)/p+1/b21-12+. The lowest BCUT2D eigenvalue weighted by Crippen LogP contribution is -2.10. The maximum Gasteiger partial charge on any atom is 0.316 e. The zero-order valence-electron chi connectivity index (χ0n) is 14.0. The van der Waals surface area contributed by atoms with Crippen LogP contribution in [0, 0.1) is 4.91 Å². The van der Waals surface area contributed by atoms with Crippen molar-refractivity contribution in [2.45, 2.75) is 0 Å². The van der Waals surface area contributed by atoms with Gasteiger partial charge in [-0.1, -0.05) is 12.1 Å². The second-order valence-electron chi connectivity index (χ2n) is 5.86. The molecule has 7 heteroatoms. The lowest BCUT2D eigenvalue weighted by molar-refractivity contribution is -0.729. The van der Waals surface area contributed by atoms with Crippen LogP contribution in [0.3, 0.4) is 0 Å². The minimum atomic E-state index is -0.269. The summed E-state index contributed by atoms with van der Waals surface area (Å²) in [4.78, 5) is 27.5. The molecule has 7 nitrogen and oxygen atoms in total. The van der Waals surface area contributed by atoms with Crippen molar-refractivity contribution >= 4 is 29.2 Å². The number of nitrogens with one attached hydrogen (secondary N) is 1. The summed E-state index contributed by atoms with van der Waals surface area (Å²) >= 11 is 0. The molecule has 1 aliphatic heterocycles. The molecule has 3 aromatic rings. The molecule has 1 amide bonds. The highest BCUT2D eigenvalue weighted by molar-refractivity contribution is 6.08. The minimum absolute atomic E-state index is 0.130. The van der Waals surface area contributed by atoms with E-state index in [9.17, 15) is 9.70 Å². The number of benzene rings is 3. The Morgan fingerprint density at radius 3 is 2.56 bits per heavy atom. The van der Waals surface area contributed by atoms with Gasteiger partial charge in [-0.05, 0) is 48.0 Å². The monoisotopic (exact) mass is 360 g/mol. The SMILES string of the molecule is O=C1Nc2ccccc2Oc2ccc(/N=C/c3ccc([N+](=O)O)cc3)cc21. The van der Waals surface area contributed by atoms with Gasteiger partial charge in [0.05, 0.1) is 21.8 Å². The quantitative estimate of drug-likeness (QED) is 0.528. The van der Waals surface area contributed by atoms with Gasteiger partial charge in [-0.2, -0.15) is 0 Å². The number of ether oxygens (including phenoxy) is 1. The maximum atomic E-state index is 12.5. The second-order valence-corrected chi connectivity index (χ2v) is 5.86. The zero-order valence-corrected chi connectivity index (χ0v) is 14.0. The van der Waals surface area contributed by atoms with Crippen molar-refractivity contribution in [1.82, 2.24) is 0 Å². The van der Waals surface area contributed by atoms with Crippen molar-refractivity contribution in [2.24, 2.45) is 4.99 Å². The number of amides is 1. The molecular weight excluding hydrogens is 346 g/mol. The summed E-state index contributed by atoms with van der Waals surface area (Å²) in [5, 5.41) is 11.7. The number of rotatable bonds is 3. The molecule has 1 aliphatic rings. The summed E-state index contributed by atoms with van der Waals surface area (Å²) in [7, 11) is 0. The Morgan fingerprint density at radius 1 is 1.00 bits per heavy atom. The Kier molecular flexibility index (Phi) is 4.10. The predicted octanol–water partition coefficient (Wildman–Crippen LogP) is 4.59. The van der Waals surface area contributed by atoms with Gasteiger partial charge in [-0.25, -0.2) is 5.21 Å². The van der Waals surface area contributed by atoms with Gasteiger partial charge >= 0.3 is 5.69 Å². The Morgan fingerprint density at radius 2 is 1.78 bits per heavy atom. The van der Waals surface area contributed by atoms with Gasteiger partial charge in [0.15, 0.2) is 5.75 Å². The summed E-state index contributed by atoms with van der Waals surface area (Å²) in [6, 6.07) is 18.6. The first kappa shape index (κ1) is 16.5. The minimum Gasteiger partial charge on any atom is -0.454 e. The van der Waals surface area contributed by atoms with E-state index in [1.165, 1.54) is 12.1 Å². The number of fused-ring (bicyclic) bond motifs is 2. The highest BCUT2D eigenvalue weighted by atomic mass is 16.6. The molecule has 0 fully saturated rings. The number of aliphatic imine (C=N–C) groups is 1. The highest BCUT2D eigenvalue weighted by Gasteiger charge is 2.20. The van der Waals surface area contributed by atoms with E-state index in [1.807, 2.05) is 12.1 Å². The van der Waals surface area contributed by atoms with Crippen LogP contribution in [0.2, 0.25) is 0 Å². The van der Waals surface area contributed by atoms with E-state index in [1.54, 1.807) is 48.7 Å². The first-order chi connectivity index (χ1) is 13.1. The van der Waals surface area contributed by atoms with Crippen LogP contribution in [-0.4, -0.2) is 22.3 Å². The molecule has 0 unspecified atom stereocenters. The summed E-state index contributed by atoms with van der Waals surface area (Å²) in [5.41, 5.74) is 2.45. The van der Waals surface area contributed by atoms with Gasteiger partial charge in [0.1, 0.15) is 5.75 Å². The lowest BCUT2D eigenvalue weighted by atomic mass is 10.1. The van der Waals surface area contributed by atoms with E-state index in [-0.39, 0.29) is 16.5 Å². The molecule has 27 heavy (non-hydrogen) atoms. The van der Waals surface area contributed by atoms with Crippen LogP contribution in [-0.2, 0) is 0 Å². The van der Waals surface area contributed by atoms with E-state index in [4.69, 9.17) is 9.94 Å². The largest absolute Gasteiger partial charge is 0.454 e. The summed E-state index contributed by atoms with van der Waals surface area (Å²) in [5.74, 6) is 0.770. The molecule has 0 aliphatic carbocycles. The fraction of sp³-hybridized carbons (Fsp3) is 0. The molecule has 0 bridgehead atoms. The number of carbonyl (C=O) groups excluding carboxylic acids is 1. The van der Waals surface area contributed by atoms with Crippen molar-refractivity contribution in [1.29, 1.82) is 0 Å². The van der Waals surface area contributed by atoms with Crippen LogP contribution in [0.25, 0.3) is 0 Å². The normalized spacial score (nSPS) is 12.5. The third-order valence-corrected chi connectivity index (χ3v) is 4.04. The number of carbonyl (C=O) groups is 1. The van der Waals surface area contributed by atoms with Crippen molar-refractivity contribution in [3.63, 3.8) is 0 Å². The zero-order chi connectivity index (χ0) is 18.8. The van der Waals surface area contributed by atoms with Crippen LogP contribution in [0.4, 0.5) is 17.1 Å². The molecule has 132 valence electrons. The average molecular weight is 360 g/mol. The molecule has 2 N–H and O–H groups in total. The van der Waals surface area contributed by atoms with Crippen molar-refractivity contribution in [2.75, 3.05) is 5.32 Å². The predicted molar refractivity (Wildman–Crippen MR) is 99.7 cm³/mol. The number of para-hydroxylation sites is 2. The summed E-state index contributed by atoms with van der Waals surface area (Å²) in [6.45, 7) is 0. The van der Waals surface area contributed by atoms with Crippen LogP contribution < -0.4 is 10.1 Å². The highest BCUT2D eigenvalue weighted by Crippen LogP contribution is 2.36. The van der Waals surface area contributed by atoms with Crippen molar-refractivity contribution in [3.05, 3.63) is 82.8 Å². The molecule has 0 aromatic heterocycles. The van der Waals surface area contributed by atoms with Gasteiger partial charge in [0.2, 0.25) is 0 Å². The topological polar surface area (TPSA) is 91.0 Å². The number of hydrogen-bond acceptors (Lipinski definition) is 4. The maximum absolute atomic E-state index is 12.5.